The molecule has 0 spiro atoms. The van der Waals surface area contributed by atoms with Gasteiger partial charge in [-0.1, -0.05) is 12.1 Å². The van der Waals surface area contributed by atoms with Crippen LogP contribution in [0.3, 0.4) is 0 Å². The van der Waals surface area contributed by atoms with Gasteiger partial charge in [0.05, 0.1) is 5.60 Å². The minimum Gasteiger partial charge on any atom is -0.385 e. The highest BCUT2D eigenvalue weighted by molar-refractivity contribution is 7.98. The van der Waals surface area contributed by atoms with Crippen molar-refractivity contribution in [3.8, 4) is 0 Å². The molecule has 1 nitrogen and oxygen atoms in total. The van der Waals surface area contributed by atoms with Crippen molar-refractivity contribution in [1.29, 1.82) is 0 Å². The zero-order valence-electron chi connectivity index (χ0n) is 8.66. The van der Waals surface area contributed by atoms with E-state index in [9.17, 15) is 5.11 Å². The van der Waals surface area contributed by atoms with E-state index in [1.165, 1.54) is 4.90 Å². The van der Waals surface area contributed by atoms with Gasteiger partial charge >= 0.3 is 0 Å². The molecule has 1 atom stereocenters. The van der Waals surface area contributed by atoms with Gasteiger partial charge in [0, 0.05) is 4.90 Å². The van der Waals surface area contributed by atoms with Crippen molar-refractivity contribution in [1.82, 2.24) is 0 Å². The highest BCUT2D eigenvalue weighted by Crippen LogP contribution is 2.45. The van der Waals surface area contributed by atoms with E-state index in [1.54, 1.807) is 11.8 Å². The second kappa shape index (κ2) is 3.59. The minimum atomic E-state index is -0.619. The summed E-state index contributed by atoms with van der Waals surface area (Å²) in [5, 5.41) is 10.3. The Balaban J connectivity index is 2.30. The molecule has 0 unspecified atom stereocenters. The maximum Gasteiger partial charge on any atom is 0.0896 e. The summed E-state index contributed by atoms with van der Waals surface area (Å²) in [6.45, 7) is 1.93. The van der Waals surface area contributed by atoms with Crippen molar-refractivity contribution in [2.45, 2.75) is 30.3 Å². The molecule has 0 bridgehead atoms. The molecule has 2 rings (SSSR count). The van der Waals surface area contributed by atoms with Crippen LogP contribution in [0.2, 0.25) is 0 Å². The van der Waals surface area contributed by atoms with Gasteiger partial charge in [-0.05, 0) is 49.6 Å². The minimum absolute atomic E-state index is 0.472. The molecule has 1 aromatic carbocycles. The molecule has 14 heavy (non-hydrogen) atoms. The number of thioether (sulfide) groups is 1. The summed E-state index contributed by atoms with van der Waals surface area (Å²) in [4.78, 5) is 1.23. The van der Waals surface area contributed by atoms with Crippen LogP contribution in [0.15, 0.2) is 29.2 Å². The lowest BCUT2D eigenvalue weighted by molar-refractivity contribution is 0.0329. The third-order valence-electron chi connectivity index (χ3n) is 3.03. The number of hydrogen-bond acceptors (Lipinski definition) is 2. The highest BCUT2D eigenvalue weighted by Gasteiger charge is 2.41. The number of aliphatic hydroxyl groups is 1. The maximum absolute atomic E-state index is 10.3. The first-order valence-electron chi connectivity index (χ1n) is 5.01. The van der Waals surface area contributed by atoms with E-state index in [0.29, 0.717) is 5.92 Å². The van der Waals surface area contributed by atoms with Crippen LogP contribution in [0.5, 0.6) is 0 Å². The number of hydrogen-bond donors (Lipinski definition) is 1. The van der Waals surface area contributed by atoms with Gasteiger partial charge in [-0.15, -0.1) is 11.8 Å². The largest absolute Gasteiger partial charge is 0.385 e. The second-order valence-electron chi connectivity index (χ2n) is 4.15. The average Bonchev–Trinajstić information content (AvgIpc) is 3.01. The molecular weight excluding hydrogens is 192 g/mol. The molecule has 1 aliphatic rings. The Morgan fingerprint density at radius 3 is 2.71 bits per heavy atom. The SMILES string of the molecule is CSc1cccc([C@@](C)(O)C2CC2)c1. The Hall–Kier alpha value is -0.470. The van der Waals surface area contributed by atoms with E-state index in [0.717, 1.165) is 18.4 Å². The van der Waals surface area contributed by atoms with E-state index < -0.39 is 5.60 Å². The summed E-state index contributed by atoms with van der Waals surface area (Å²) >= 11 is 1.72. The Kier molecular flexibility index (Phi) is 2.58. The first-order chi connectivity index (χ1) is 6.64. The molecule has 2 heteroatoms. The van der Waals surface area contributed by atoms with E-state index in [1.807, 2.05) is 19.1 Å². The first kappa shape index (κ1) is 10.1. The molecule has 0 radical (unpaired) electrons. The predicted octanol–water partition coefficient (Wildman–Crippen LogP) is 3.03. The summed E-state index contributed by atoms with van der Waals surface area (Å²) in [6.07, 6.45) is 4.39. The molecule has 0 aliphatic heterocycles. The molecule has 1 N–H and O–H groups in total. The molecule has 1 aliphatic carbocycles. The van der Waals surface area contributed by atoms with Gasteiger partial charge < -0.3 is 5.11 Å². The van der Waals surface area contributed by atoms with Crippen LogP contribution in [-0.2, 0) is 5.60 Å². The highest BCUT2D eigenvalue weighted by atomic mass is 32.2. The summed E-state index contributed by atoms with van der Waals surface area (Å²) in [5.41, 5.74) is 0.443. The molecule has 1 fully saturated rings. The zero-order valence-corrected chi connectivity index (χ0v) is 9.47. The van der Waals surface area contributed by atoms with Crippen molar-refractivity contribution in [2.24, 2.45) is 5.92 Å². The van der Waals surface area contributed by atoms with Crippen molar-refractivity contribution < 1.29 is 5.11 Å². The van der Waals surface area contributed by atoms with E-state index in [4.69, 9.17) is 0 Å². The van der Waals surface area contributed by atoms with Crippen LogP contribution in [-0.4, -0.2) is 11.4 Å². The first-order valence-corrected chi connectivity index (χ1v) is 6.24. The molecule has 1 saturated carbocycles. The molecule has 0 aromatic heterocycles. The topological polar surface area (TPSA) is 20.2 Å². The fourth-order valence-corrected chi connectivity index (χ4v) is 2.28. The van der Waals surface area contributed by atoms with Gasteiger partial charge in [-0.25, -0.2) is 0 Å². The quantitative estimate of drug-likeness (QED) is 0.770. The Morgan fingerprint density at radius 1 is 1.43 bits per heavy atom. The Bertz CT molecular complexity index is 329. The Labute approximate surface area is 89.5 Å². The molecule has 1 aromatic rings. The molecular formula is C12H16OS. The van der Waals surface area contributed by atoms with Gasteiger partial charge in [0.1, 0.15) is 0 Å². The second-order valence-corrected chi connectivity index (χ2v) is 5.03. The van der Waals surface area contributed by atoms with Crippen LogP contribution in [0, 0.1) is 5.92 Å². The van der Waals surface area contributed by atoms with Gasteiger partial charge in [-0.3, -0.25) is 0 Å². The summed E-state index contributed by atoms with van der Waals surface area (Å²) in [5.74, 6) is 0.472. The van der Waals surface area contributed by atoms with E-state index in [2.05, 4.69) is 18.4 Å². The lowest BCUT2D eigenvalue weighted by Gasteiger charge is -2.23. The average molecular weight is 208 g/mol. The van der Waals surface area contributed by atoms with Gasteiger partial charge in [0.2, 0.25) is 0 Å². The van der Waals surface area contributed by atoms with E-state index >= 15 is 0 Å². The maximum atomic E-state index is 10.3. The summed E-state index contributed by atoms with van der Waals surface area (Å²) < 4.78 is 0. The fraction of sp³-hybridized carbons (Fsp3) is 0.500. The van der Waals surface area contributed by atoms with Crippen molar-refractivity contribution >= 4 is 11.8 Å². The summed E-state index contributed by atoms with van der Waals surface area (Å²) in [6, 6.07) is 8.23. The van der Waals surface area contributed by atoms with Crippen LogP contribution in [0.4, 0.5) is 0 Å². The van der Waals surface area contributed by atoms with Crippen LogP contribution in [0.25, 0.3) is 0 Å². The van der Waals surface area contributed by atoms with Crippen LogP contribution >= 0.6 is 11.8 Å². The number of rotatable bonds is 3. The standard InChI is InChI=1S/C12H16OS/c1-12(13,9-6-7-9)10-4-3-5-11(8-10)14-2/h3-5,8-9,13H,6-7H2,1-2H3/t12-/m0/s1. The van der Waals surface area contributed by atoms with Crippen LogP contribution < -0.4 is 0 Å². The predicted molar refractivity (Wildman–Crippen MR) is 60.5 cm³/mol. The normalized spacial score (nSPS) is 20.5. The lowest BCUT2D eigenvalue weighted by Crippen LogP contribution is -2.23. The smallest absolute Gasteiger partial charge is 0.0896 e. The third-order valence-corrected chi connectivity index (χ3v) is 3.75. The molecule has 0 amide bonds. The van der Waals surface area contributed by atoms with Gasteiger partial charge in [-0.2, -0.15) is 0 Å². The number of benzene rings is 1. The van der Waals surface area contributed by atoms with Crippen molar-refractivity contribution in [3.05, 3.63) is 29.8 Å². The van der Waals surface area contributed by atoms with E-state index in [-0.39, 0.29) is 0 Å². The summed E-state index contributed by atoms with van der Waals surface area (Å²) in [7, 11) is 0. The molecule has 0 heterocycles. The van der Waals surface area contributed by atoms with Gasteiger partial charge in [0.25, 0.3) is 0 Å². The van der Waals surface area contributed by atoms with Gasteiger partial charge in [0.15, 0.2) is 0 Å². The Morgan fingerprint density at radius 2 is 2.14 bits per heavy atom. The molecule has 76 valence electrons. The van der Waals surface area contributed by atoms with Crippen LogP contribution in [0.1, 0.15) is 25.3 Å². The van der Waals surface area contributed by atoms with Crippen molar-refractivity contribution in [2.75, 3.05) is 6.26 Å². The third kappa shape index (κ3) is 1.82. The monoisotopic (exact) mass is 208 g/mol. The molecule has 0 saturated heterocycles. The fourth-order valence-electron chi connectivity index (χ4n) is 1.82. The van der Waals surface area contributed by atoms with Crippen molar-refractivity contribution in [3.63, 3.8) is 0 Å². The zero-order chi connectivity index (χ0) is 10.2. The lowest BCUT2D eigenvalue weighted by atomic mass is 9.91.